The highest BCUT2D eigenvalue weighted by Gasteiger charge is 2.19. The third kappa shape index (κ3) is 4.62. The number of nitrogens with zero attached hydrogens (tertiary/aromatic N) is 3. The lowest BCUT2D eigenvalue weighted by Gasteiger charge is -2.21. The third-order valence-corrected chi connectivity index (χ3v) is 4.94. The lowest BCUT2D eigenvalue weighted by molar-refractivity contribution is -0.131. The summed E-state index contributed by atoms with van der Waals surface area (Å²) < 4.78 is 2.05. The summed E-state index contributed by atoms with van der Waals surface area (Å²) in [6.07, 6.45) is 6.17. The average molecular weight is 356 g/mol. The first-order valence-corrected chi connectivity index (χ1v) is 9.61. The summed E-state index contributed by atoms with van der Waals surface area (Å²) in [5.41, 5.74) is 1.93. The maximum Gasteiger partial charge on any atom is 0.242 e. The summed E-state index contributed by atoms with van der Waals surface area (Å²) >= 11 is 0. The van der Waals surface area contributed by atoms with Gasteiger partial charge >= 0.3 is 0 Å². The topological polar surface area (TPSA) is 67.2 Å². The van der Waals surface area contributed by atoms with Gasteiger partial charge < -0.3 is 14.8 Å². The fourth-order valence-electron chi connectivity index (χ4n) is 3.56. The predicted octanol–water partition coefficient (Wildman–Crippen LogP) is 2.51. The second-order valence-electron chi connectivity index (χ2n) is 6.98. The molecule has 1 aromatic heterocycles. The number of aryl methyl sites for hydroxylation is 1. The van der Waals surface area contributed by atoms with Crippen LogP contribution in [0, 0.1) is 0 Å². The molecule has 3 rings (SSSR count). The van der Waals surface area contributed by atoms with Crippen LogP contribution >= 0.6 is 0 Å². The first-order chi connectivity index (χ1) is 12.6. The van der Waals surface area contributed by atoms with Crippen LogP contribution in [-0.4, -0.2) is 45.9 Å². The largest absolute Gasteiger partial charge is 0.356 e. The molecular weight excluding hydrogens is 328 g/mol. The molecule has 0 spiro atoms. The van der Waals surface area contributed by atoms with Crippen molar-refractivity contribution in [2.45, 2.75) is 52.0 Å². The van der Waals surface area contributed by atoms with Gasteiger partial charge in [-0.05, 0) is 31.4 Å². The molecule has 2 amide bonds. The second-order valence-corrected chi connectivity index (χ2v) is 6.98. The number of aromatic nitrogens is 2. The molecule has 6 heteroatoms. The number of nitrogens with one attached hydrogen (secondary N) is 1. The number of amides is 2. The Morgan fingerprint density at radius 2 is 1.85 bits per heavy atom. The van der Waals surface area contributed by atoms with E-state index in [0.717, 1.165) is 55.6 Å². The zero-order valence-electron chi connectivity index (χ0n) is 15.5. The van der Waals surface area contributed by atoms with E-state index >= 15 is 0 Å². The molecule has 0 atom stereocenters. The number of para-hydroxylation sites is 2. The molecule has 1 N–H and O–H groups in total. The molecule has 1 fully saturated rings. The summed E-state index contributed by atoms with van der Waals surface area (Å²) in [5.74, 6) is 1.08. The Morgan fingerprint density at radius 3 is 2.58 bits per heavy atom. The van der Waals surface area contributed by atoms with Crippen LogP contribution in [0.25, 0.3) is 11.0 Å². The molecule has 6 nitrogen and oxygen atoms in total. The van der Waals surface area contributed by atoms with Gasteiger partial charge in [-0.25, -0.2) is 4.98 Å². The van der Waals surface area contributed by atoms with E-state index in [2.05, 4.69) is 9.88 Å². The lowest BCUT2D eigenvalue weighted by Crippen LogP contribution is -2.35. The summed E-state index contributed by atoms with van der Waals surface area (Å²) in [7, 11) is 0. The van der Waals surface area contributed by atoms with E-state index in [-0.39, 0.29) is 11.8 Å². The smallest absolute Gasteiger partial charge is 0.242 e. The Bertz CT molecular complexity index is 760. The quantitative estimate of drug-likeness (QED) is 0.809. The zero-order valence-corrected chi connectivity index (χ0v) is 15.5. The van der Waals surface area contributed by atoms with E-state index < -0.39 is 0 Å². The average Bonchev–Trinajstić information content (AvgIpc) is 2.80. The molecule has 1 saturated heterocycles. The Labute approximate surface area is 154 Å². The number of likely N-dealkylation sites (tertiary alicyclic amines) is 1. The van der Waals surface area contributed by atoms with Crippen LogP contribution in [0.3, 0.4) is 0 Å². The third-order valence-electron chi connectivity index (χ3n) is 4.94. The molecule has 0 radical (unpaired) electrons. The Morgan fingerprint density at radius 1 is 1.12 bits per heavy atom. The van der Waals surface area contributed by atoms with Crippen molar-refractivity contribution in [1.29, 1.82) is 0 Å². The minimum atomic E-state index is -0.0187. The molecule has 0 saturated carbocycles. The molecule has 0 bridgehead atoms. The number of fused-ring (bicyclic) bond motifs is 1. The van der Waals surface area contributed by atoms with E-state index in [1.165, 1.54) is 19.8 Å². The number of benzene rings is 1. The van der Waals surface area contributed by atoms with Crippen LogP contribution in [-0.2, 0) is 22.6 Å². The van der Waals surface area contributed by atoms with Crippen molar-refractivity contribution in [2.75, 3.05) is 19.6 Å². The van der Waals surface area contributed by atoms with E-state index in [1.807, 2.05) is 29.2 Å². The summed E-state index contributed by atoms with van der Waals surface area (Å²) in [6.45, 7) is 4.22. The first kappa shape index (κ1) is 18.4. The van der Waals surface area contributed by atoms with Crippen molar-refractivity contribution in [1.82, 2.24) is 19.8 Å². The summed E-state index contributed by atoms with van der Waals surface area (Å²) in [6, 6.07) is 7.96. The molecule has 0 unspecified atom stereocenters. The number of rotatable bonds is 6. The predicted molar refractivity (Wildman–Crippen MR) is 102 cm³/mol. The Hall–Kier alpha value is -2.37. The molecule has 0 aliphatic carbocycles. The Balaban J connectivity index is 1.75. The van der Waals surface area contributed by atoms with Crippen molar-refractivity contribution in [3.8, 4) is 0 Å². The molecule has 1 aliphatic heterocycles. The molecule has 2 heterocycles. The maximum atomic E-state index is 12.9. The molecule has 1 aliphatic rings. The van der Waals surface area contributed by atoms with Gasteiger partial charge in [0.1, 0.15) is 12.4 Å². The lowest BCUT2D eigenvalue weighted by atomic mass is 10.2. The van der Waals surface area contributed by atoms with Crippen molar-refractivity contribution in [3.63, 3.8) is 0 Å². The summed E-state index contributed by atoms with van der Waals surface area (Å²) in [4.78, 5) is 30.6. The number of hydrogen-bond donors (Lipinski definition) is 1. The highest BCUT2D eigenvalue weighted by atomic mass is 16.2. The molecular formula is C20H28N4O2. The summed E-state index contributed by atoms with van der Waals surface area (Å²) in [5, 5.41) is 2.82. The van der Waals surface area contributed by atoms with Gasteiger partial charge in [-0.1, -0.05) is 25.0 Å². The molecule has 26 heavy (non-hydrogen) atoms. The highest BCUT2D eigenvalue weighted by molar-refractivity contribution is 5.81. The van der Waals surface area contributed by atoms with Crippen LogP contribution in [0.2, 0.25) is 0 Å². The van der Waals surface area contributed by atoms with Crippen molar-refractivity contribution < 1.29 is 9.59 Å². The van der Waals surface area contributed by atoms with Gasteiger partial charge in [0.05, 0.1) is 11.0 Å². The molecule has 140 valence electrons. The first-order valence-electron chi connectivity index (χ1n) is 9.61. The van der Waals surface area contributed by atoms with Crippen LogP contribution in [0.5, 0.6) is 0 Å². The number of imidazole rings is 1. The van der Waals surface area contributed by atoms with Gasteiger partial charge in [-0.2, -0.15) is 0 Å². The normalized spacial score (nSPS) is 15.0. The van der Waals surface area contributed by atoms with E-state index in [0.29, 0.717) is 13.1 Å². The van der Waals surface area contributed by atoms with Crippen LogP contribution in [0.1, 0.15) is 44.9 Å². The highest BCUT2D eigenvalue weighted by Crippen LogP contribution is 2.18. The van der Waals surface area contributed by atoms with Crippen molar-refractivity contribution in [2.24, 2.45) is 0 Å². The van der Waals surface area contributed by atoms with Crippen LogP contribution in [0.15, 0.2) is 24.3 Å². The number of hydrogen-bond acceptors (Lipinski definition) is 3. The minimum Gasteiger partial charge on any atom is -0.356 e. The fourth-order valence-corrected chi connectivity index (χ4v) is 3.56. The molecule has 2 aromatic rings. The number of carbonyl (C=O) groups is 2. The molecule has 1 aromatic carbocycles. The SMILES string of the molecule is CC(=O)NCCCc1nc2ccccc2n1CC(=O)N1CCCCCC1. The van der Waals surface area contributed by atoms with Crippen LogP contribution in [0.4, 0.5) is 0 Å². The van der Waals surface area contributed by atoms with Gasteiger partial charge in [0.15, 0.2) is 0 Å². The van der Waals surface area contributed by atoms with Crippen molar-refractivity contribution in [3.05, 3.63) is 30.1 Å². The zero-order chi connectivity index (χ0) is 18.4. The Kier molecular flexibility index (Phi) is 6.26. The van der Waals surface area contributed by atoms with Crippen molar-refractivity contribution >= 4 is 22.8 Å². The minimum absolute atomic E-state index is 0.0187. The van der Waals surface area contributed by atoms with E-state index in [4.69, 9.17) is 4.98 Å². The van der Waals surface area contributed by atoms with Gasteiger partial charge in [0.2, 0.25) is 11.8 Å². The van der Waals surface area contributed by atoms with Gasteiger partial charge in [-0.15, -0.1) is 0 Å². The fraction of sp³-hybridized carbons (Fsp3) is 0.550. The van der Waals surface area contributed by atoms with Gasteiger partial charge in [-0.3, -0.25) is 9.59 Å². The van der Waals surface area contributed by atoms with Gasteiger partial charge in [0, 0.05) is 33.0 Å². The van der Waals surface area contributed by atoms with Crippen LogP contribution < -0.4 is 5.32 Å². The van der Waals surface area contributed by atoms with E-state index in [1.54, 1.807) is 0 Å². The second kappa shape index (κ2) is 8.83. The van der Waals surface area contributed by atoms with E-state index in [9.17, 15) is 9.59 Å². The standard InChI is InChI=1S/C20H28N4O2/c1-16(25)21-12-8-11-19-22-17-9-4-5-10-18(17)24(19)15-20(26)23-13-6-2-3-7-14-23/h4-5,9-10H,2-3,6-8,11-15H2,1H3,(H,21,25). The number of carbonyl (C=O) groups excluding carboxylic acids is 2. The maximum absolute atomic E-state index is 12.9. The van der Waals surface area contributed by atoms with Gasteiger partial charge in [0.25, 0.3) is 0 Å². The monoisotopic (exact) mass is 356 g/mol.